The molecule has 0 aromatic rings. The van der Waals surface area contributed by atoms with Crippen molar-refractivity contribution in [3.05, 3.63) is 24.3 Å². The molecule has 5 rings (SSSR count). The van der Waals surface area contributed by atoms with Crippen molar-refractivity contribution in [2.75, 3.05) is 19.7 Å². The van der Waals surface area contributed by atoms with Crippen molar-refractivity contribution in [1.29, 1.82) is 0 Å². The average Bonchev–Trinajstić information content (AvgIpc) is 3.31. The molecule has 2 N–H and O–H groups in total. The van der Waals surface area contributed by atoms with Crippen molar-refractivity contribution in [2.45, 2.75) is 101 Å². The van der Waals surface area contributed by atoms with Gasteiger partial charge in [-0.05, 0) is 32.6 Å². The molecular weight excluding hydrogens is 502 g/mol. The van der Waals surface area contributed by atoms with E-state index < -0.39 is 47.7 Å². The van der Waals surface area contributed by atoms with E-state index in [9.17, 15) is 24.3 Å². The van der Waals surface area contributed by atoms with Gasteiger partial charge in [0.25, 0.3) is 0 Å². The average molecular weight is 544 g/mol. The quantitative estimate of drug-likeness (QED) is 0.406. The molecule has 39 heavy (non-hydrogen) atoms. The molecule has 3 fully saturated rings. The highest BCUT2D eigenvalue weighted by molar-refractivity contribution is 5.99. The van der Waals surface area contributed by atoms with Crippen molar-refractivity contribution in [3.8, 4) is 0 Å². The van der Waals surface area contributed by atoms with Gasteiger partial charge in [-0.25, -0.2) is 0 Å². The summed E-state index contributed by atoms with van der Waals surface area (Å²) in [7, 11) is 0. The Balaban J connectivity index is 1.58. The molecule has 7 atom stereocenters. The summed E-state index contributed by atoms with van der Waals surface area (Å²) >= 11 is 0. The first-order chi connectivity index (χ1) is 18.8. The smallest absolute Gasteiger partial charge is 0.313 e. The van der Waals surface area contributed by atoms with Gasteiger partial charge in [-0.15, -0.1) is 0 Å². The van der Waals surface area contributed by atoms with E-state index in [1.54, 1.807) is 19.1 Å². The van der Waals surface area contributed by atoms with Crippen LogP contribution in [0.15, 0.2) is 24.3 Å². The van der Waals surface area contributed by atoms with E-state index in [0.29, 0.717) is 19.4 Å². The molecule has 1 aliphatic carbocycles. The summed E-state index contributed by atoms with van der Waals surface area (Å²) < 4.78 is 12.4. The number of carbonyl (C=O) groups excluding carboxylic acids is 4. The number of nitrogens with one attached hydrogen (secondary N) is 1. The largest absolute Gasteiger partial charge is 0.460 e. The van der Waals surface area contributed by atoms with Crippen LogP contribution >= 0.6 is 0 Å². The molecule has 10 heteroatoms. The standard InChI is InChI=1S/C29H41N3O7/c1-3-19(17-33)32-25-27(36)31(20-10-5-4-6-11-20)15-9-14-29(25)24(26(32)35)23-21(39-29)12-7-8-13-22(34)30-16-18(2)38-28(23)37/h7,9,12,14,18-21,23-25,33H,3-6,8,10-11,13,15-17H2,1-2H3,(H,30,34)/b12-7-/t18-,19-,21-,23+,24+,25-,29+/m0/s1. The molecular formula is C29H41N3O7. The van der Waals surface area contributed by atoms with E-state index >= 15 is 0 Å². The van der Waals surface area contributed by atoms with E-state index in [2.05, 4.69) is 5.32 Å². The lowest BCUT2D eigenvalue weighted by Crippen LogP contribution is -2.59. The van der Waals surface area contributed by atoms with Gasteiger partial charge in [-0.3, -0.25) is 19.2 Å². The normalized spacial score (nSPS) is 37.6. The van der Waals surface area contributed by atoms with Crippen LogP contribution in [-0.4, -0.2) is 94.2 Å². The van der Waals surface area contributed by atoms with Gasteiger partial charge in [-0.2, -0.15) is 0 Å². The van der Waals surface area contributed by atoms with Gasteiger partial charge in [0.15, 0.2) is 0 Å². The lowest BCUT2D eigenvalue weighted by atomic mass is 9.77. The van der Waals surface area contributed by atoms with Gasteiger partial charge < -0.3 is 29.7 Å². The van der Waals surface area contributed by atoms with Crippen molar-refractivity contribution >= 4 is 23.7 Å². The second-order valence-electron chi connectivity index (χ2n) is 11.5. The molecule has 1 spiro atoms. The number of nitrogens with zero attached hydrogens (tertiary/aromatic N) is 2. The molecule has 2 saturated heterocycles. The number of amides is 3. The van der Waals surface area contributed by atoms with Gasteiger partial charge >= 0.3 is 5.97 Å². The molecule has 5 aliphatic rings. The van der Waals surface area contributed by atoms with Crippen LogP contribution in [0.2, 0.25) is 0 Å². The highest BCUT2D eigenvalue weighted by Gasteiger charge is 2.72. The monoisotopic (exact) mass is 543 g/mol. The molecule has 0 aromatic carbocycles. The van der Waals surface area contributed by atoms with Gasteiger partial charge in [0.05, 0.1) is 31.2 Å². The number of cyclic esters (lactones) is 1. The Bertz CT molecular complexity index is 1030. The minimum absolute atomic E-state index is 0.0848. The number of hydrogen-bond acceptors (Lipinski definition) is 7. The molecule has 0 unspecified atom stereocenters. The highest BCUT2D eigenvalue weighted by Crippen LogP contribution is 2.54. The topological polar surface area (TPSA) is 125 Å². The first-order valence-electron chi connectivity index (χ1n) is 14.5. The first kappa shape index (κ1) is 27.8. The fourth-order valence-electron chi connectivity index (χ4n) is 7.15. The second kappa shape index (κ2) is 11.4. The minimum Gasteiger partial charge on any atom is -0.460 e. The summed E-state index contributed by atoms with van der Waals surface area (Å²) in [5.41, 5.74) is -1.36. The van der Waals surface area contributed by atoms with Gasteiger partial charge in [0.1, 0.15) is 23.7 Å². The summed E-state index contributed by atoms with van der Waals surface area (Å²) in [4.78, 5) is 57.9. The lowest BCUT2D eigenvalue weighted by molar-refractivity contribution is -0.160. The summed E-state index contributed by atoms with van der Waals surface area (Å²) in [6.07, 6.45) is 12.2. The molecule has 10 nitrogen and oxygen atoms in total. The van der Waals surface area contributed by atoms with Crippen molar-refractivity contribution < 1.29 is 33.8 Å². The van der Waals surface area contributed by atoms with Crippen molar-refractivity contribution in [2.24, 2.45) is 11.8 Å². The minimum atomic E-state index is -1.36. The van der Waals surface area contributed by atoms with E-state index in [4.69, 9.17) is 9.47 Å². The molecule has 214 valence electrons. The number of aliphatic hydroxyl groups is 1. The second-order valence-corrected chi connectivity index (χ2v) is 11.5. The lowest BCUT2D eigenvalue weighted by Gasteiger charge is -2.41. The molecule has 3 amide bonds. The zero-order chi connectivity index (χ0) is 27.7. The number of rotatable bonds is 4. The Hall–Kier alpha value is -2.72. The third-order valence-electron chi connectivity index (χ3n) is 9.09. The van der Waals surface area contributed by atoms with Gasteiger partial charge in [-0.1, -0.05) is 50.5 Å². The molecule has 1 saturated carbocycles. The van der Waals surface area contributed by atoms with Crippen LogP contribution in [0.5, 0.6) is 0 Å². The third-order valence-corrected chi connectivity index (χ3v) is 9.09. The molecule has 4 heterocycles. The maximum absolute atomic E-state index is 14.4. The van der Waals surface area contributed by atoms with Crippen LogP contribution in [0, 0.1) is 11.8 Å². The maximum Gasteiger partial charge on any atom is 0.313 e. The number of ether oxygens (including phenoxy) is 2. The Morgan fingerprint density at radius 1 is 1.13 bits per heavy atom. The fraction of sp³-hybridized carbons (Fsp3) is 0.724. The number of hydrogen-bond donors (Lipinski definition) is 2. The zero-order valence-corrected chi connectivity index (χ0v) is 22.9. The predicted octanol–water partition coefficient (Wildman–Crippen LogP) is 1.47. The highest BCUT2D eigenvalue weighted by atomic mass is 16.6. The van der Waals surface area contributed by atoms with Crippen LogP contribution in [0.3, 0.4) is 0 Å². The maximum atomic E-state index is 14.4. The SMILES string of the molecule is CC[C@@H](CO)N1C(=O)[C@H]2[C@@H]3C(=O)O[C@@H](C)CNC(=O)CC/C=C\[C@@H]3O[C@]23C=CCN(C2CCCCC2)C(=O)[C@H]13. The van der Waals surface area contributed by atoms with Crippen LogP contribution in [0.25, 0.3) is 0 Å². The van der Waals surface area contributed by atoms with Crippen LogP contribution in [0.1, 0.15) is 65.2 Å². The summed E-state index contributed by atoms with van der Waals surface area (Å²) in [5.74, 6) is -3.21. The number of aliphatic hydroxyl groups excluding tert-OH is 1. The molecule has 0 bridgehead atoms. The zero-order valence-electron chi connectivity index (χ0n) is 22.9. The molecule has 4 aliphatic heterocycles. The Morgan fingerprint density at radius 3 is 2.62 bits per heavy atom. The van der Waals surface area contributed by atoms with Crippen LogP contribution in [-0.2, 0) is 28.7 Å². The summed E-state index contributed by atoms with van der Waals surface area (Å²) in [5, 5.41) is 13.0. The van der Waals surface area contributed by atoms with Crippen molar-refractivity contribution in [1.82, 2.24) is 15.1 Å². The summed E-state index contributed by atoms with van der Waals surface area (Å²) in [6.45, 7) is 3.86. The number of esters is 1. The van der Waals surface area contributed by atoms with Crippen LogP contribution < -0.4 is 5.32 Å². The van der Waals surface area contributed by atoms with Crippen LogP contribution in [0.4, 0.5) is 0 Å². The van der Waals surface area contributed by atoms with Gasteiger partial charge in [0.2, 0.25) is 17.7 Å². The number of fused-ring (bicyclic) bond motifs is 2. The molecule has 0 aromatic heterocycles. The summed E-state index contributed by atoms with van der Waals surface area (Å²) in [6, 6.07) is -1.48. The first-order valence-corrected chi connectivity index (χ1v) is 14.5. The fourth-order valence-corrected chi connectivity index (χ4v) is 7.15. The Morgan fingerprint density at radius 2 is 1.90 bits per heavy atom. The van der Waals surface area contributed by atoms with E-state index in [1.807, 2.05) is 24.0 Å². The molecule has 0 radical (unpaired) electrons. The predicted molar refractivity (Wildman–Crippen MR) is 141 cm³/mol. The van der Waals surface area contributed by atoms with Crippen molar-refractivity contribution in [3.63, 3.8) is 0 Å². The third kappa shape index (κ3) is 4.90. The van der Waals surface area contributed by atoms with Gasteiger partial charge in [0, 0.05) is 19.0 Å². The van der Waals surface area contributed by atoms with E-state index in [0.717, 1.165) is 32.1 Å². The van der Waals surface area contributed by atoms with E-state index in [1.165, 1.54) is 4.90 Å². The number of likely N-dealkylation sites (tertiary alicyclic amines) is 1. The number of allylic oxidation sites excluding steroid dienone is 1. The Kier molecular flexibility index (Phi) is 8.14. The van der Waals surface area contributed by atoms with E-state index in [-0.39, 0.29) is 43.3 Å². The Labute approximate surface area is 229 Å². The number of carbonyl (C=O) groups is 4.